The van der Waals surface area contributed by atoms with Gasteiger partial charge in [-0.1, -0.05) is 18.2 Å². The van der Waals surface area contributed by atoms with E-state index in [1.165, 1.54) is 12.0 Å². The molecule has 6 heteroatoms. The molecule has 0 aliphatic rings. The molecule has 0 spiro atoms. The summed E-state index contributed by atoms with van der Waals surface area (Å²) >= 11 is 0. The van der Waals surface area contributed by atoms with Crippen LogP contribution in [-0.4, -0.2) is 53.7 Å². The Morgan fingerprint density at radius 1 is 1.32 bits per heavy atom. The van der Waals surface area contributed by atoms with Crippen LogP contribution in [0.5, 0.6) is 0 Å². The predicted molar refractivity (Wildman–Crippen MR) is 82.7 cm³/mol. The Balaban J connectivity index is 1.98. The molecule has 2 N–H and O–H groups in total. The van der Waals surface area contributed by atoms with Crippen molar-refractivity contribution in [1.82, 2.24) is 9.88 Å². The van der Waals surface area contributed by atoms with E-state index in [0.717, 1.165) is 16.5 Å². The molecule has 6 nitrogen and oxygen atoms in total. The molecule has 2 rings (SSSR count). The maximum Gasteiger partial charge on any atom is 0.323 e. The zero-order chi connectivity index (χ0) is 15.9. The molecule has 1 aromatic heterocycles. The third-order valence-corrected chi connectivity index (χ3v) is 3.53. The summed E-state index contributed by atoms with van der Waals surface area (Å²) in [6.07, 6.45) is 2.75. The van der Waals surface area contributed by atoms with Crippen LogP contribution in [0.15, 0.2) is 30.5 Å². The quantitative estimate of drug-likeness (QED) is 0.777. The number of ether oxygens (including phenoxy) is 1. The van der Waals surface area contributed by atoms with Gasteiger partial charge in [-0.05, 0) is 18.1 Å². The minimum absolute atomic E-state index is 0.176. The number of hydrogen-bond acceptors (Lipinski definition) is 3. The number of amides is 1. The number of benzene rings is 1. The molecular formula is C16H20N2O4. The van der Waals surface area contributed by atoms with Gasteiger partial charge in [0.1, 0.15) is 6.54 Å². The number of hydrogen-bond donors (Lipinski definition) is 2. The number of rotatable bonds is 8. The number of carboxylic acid groups (broad SMARTS) is 1. The number of carbonyl (C=O) groups excluding carboxylic acids is 1. The highest BCUT2D eigenvalue weighted by Crippen LogP contribution is 2.19. The van der Waals surface area contributed by atoms with E-state index in [2.05, 4.69) is 4.98 Å². The zero-order valence-corrected chi connectivity index (χ0v) is 12.5. The summed E-state index contributed by atoms with van der Waals surface area (Å²) in [5.41, 5.74) is 2.10. The van der Waals surface area contributed by atoms with Crippen molar-refractivity contribution in [2.75, 3.05) is 26.8 Å². The standard InChI is InChI=1S/C16H20N2O4/c1-22-9-8-18(11-16(20)21)15(19)7-6-12-10-17-14-5-3-2-4-13(12)14/h2-5,10,17H,6-9,11H2,1H3,(H,20,21). The summed E-state index contributed by atoms with van der Waals surface area (Å²) in [4.78, 5) is 27.5. The minimum atomic E-state index is -1.02. The SMILES string of the molecule is COCCN(CC(=O)O)C(=O)CCc1c[nH]c2ccccc12. The Bertz CT molecular complexity index is 650. The van der Waals surface area contributed by atoms with Crippen LogP contribution in [0.3, 0.4) is 0 Å². The molecule has 0 bridgehead atoms. The van der Waals surface area contributed by atoms with Crippen molar-refractivity contribution < 1.29 is 19.4 Å². The number of methoxy groups -OCH3 is 1. The van der Waals surface area contributed by atoms with Crippen LogP contribution in [0.2, 0.25) is 0 Å². The lowest BCUT2D eigenvalue weighted by Crippen LogP contribution is -2.38. The summed E-state index contributed by atoms with van der Waals surface area (Å²) < 4.78 is 4.92. The van der Waals surface area contributed by atoms with E-state index in [0.29, 0.717) is 13.0 Å². The van der Waals surface area contributed by atoms with Crippen molar-refractivity contribution in [3.63, 3.8) is 0 Å². The molecule has 0 fully saturated rings. The summed E-state index contributed by atoms with van der Waals surface area (Å²) in [6, 6.07) is 7.89. The number of aromatic nitrogens is 1. The monoisotopic (exact) mass is 304 g/mol. The first kappa shape index (κ1) is 16.0. The molecule has 0 saturated carbocycles. The normalized spacial score (nSPS) is 10.8. The van der Waals surface area contributed by atoms with Gasteiger partial charge in [0.15, 0.2) is 0 Å². The van der Waals surface area contributed by atoms with E-state index in [1.807, 2.05) is 30.5 Å². The van der Waals surface area contributed by atoms with Gasteiger partial charge in [-0.2, -0.15) is 0 Å². The van der Waals surface area contributed by atoms with Crippen LogP contribution in [-0.2, 0) is 20.7 Å². The van der Waals surface area contributed by atoms with E-state index in [9.17, 15) is 9.59 Å². The minimum Gasteiger partial charge on any atom is -0.480 e. The number of aromatic amines is 1. The van der Waals surface area contributed by atoms with Gasteiger partial charge in [-0.3, -0.25) is 9.59 Å². The fraction of sp³-hybridized carbons (Fsp3) is 0.375. The van der Waals surface area contributed by atoms with Gasteiger partial charge in [0.2, 0.25) is 5.91 Å². The molecule has 0 atom stereocenters. The molecule has 1 heterocycles. The van der Waals surface area contributed by atoms with Crippen molar-refractivity contribution >= 4 is 22.8 Å². The molecule has 0 saturated heterocycles. The highest BCUT2D eigenvalue weighted by molar-refractivity contribution is 5.85. The molecule has 0 aliphatic carbocycles. The van der Waals surface area contributed by atoms with E-state index in [1.54, 1.807) is 0 Å². The van der Waals surface area contributed by atoms with Gasteiger partial charge in [-0.25, -0.2) is 0 Å². The summed E-state index contributed by atoms with van der Waals surface area (Å²) in [6.45, 7) is 0.317. The second-order valence-electron chi connectivity index (χ2n) is 5.06. The Morgan fingerprint density at radius 3 is 2.82 bits per heavy atom. The zero-order valence-electron chi connectivity index (χ0n) is 12.5. The van der Waals surface area contributed by atoms with Gasteiger partial charge in [0, 0.05) is 37.2 Å². The van der Waals surface area contributed by atoms with Crippen molar-refractivity contribution in [2.24, 2.45) is 0 Å². The van der Waals surface area contributed by atoms with Crippen LogP contribution in [0.4, 0.5) is 0 Å². The molecular weight excluding hydrogens is 284 g/mol. The van der Waals surface area contributed by atoms with Crippen LogP contribution < -0.4 is 0 Å². The molecule has 0 aliphatic heterocycles. The van der Waals surface area contributed by atoms with E-state index >= 15 is 0 Å². The third-order valence-electron chi connectivity index (χ3n) is 3.53. The van der Waals surface area contributed by atoms with Crippen molar-refractivity contribution in [3.05, 3.63) is 36.0 Å². The Hall–Kier alpha value is -2.34. The molecule has 1 amide bonds. The Labute approximate surface area is 128 Å². The molecule has 118 valence electrons. The lowest BCUT2D eigenvalue weighted by atomic mass is 10.1. The average Bonchev–Trinajstić information content (AvgIpc) is 2.92. The highest BCUT2D eigenvalue weighted by Gasteiger charge is 2.17. The number of aryl methyl sites for hydroxylation is 1. The first-order valence-electron chi connectivity index (χ1n) is 7.15. The Kier molecular flexibility index (Phi) is 5.55. The van der Waals surface area contributed by atoms with E-state index < -0.39 is 5.97 Å². The fourth-order valence-electron chi connectivity index (χ4n) is 2.39. The summed E-state index contributed by atoms with van der Waals surface area (Å²) in [7, 11) is 1.52. The van der Waals surface area contributed by atoms with Crippen molar-refractivity contribution in [2.45, 2.75) is 12.8 Å². The third kappa shape index (κ3) is 4.08. The van der Waals surface area contributed by atoms with Crippen LogP contribution in [0.1, 0.15) is 12.0 Å². The van der Waals surface area contributed by atoms with Gasteiger partial charge >= 0.3 is 5.97 Å². The fourth-order valence-corrected chi connectivity index (χ4v) is 2.39. The molecule has 22 heavy (non-hydrogen) atoms. The van der Waals surface area contributed by atoms with E-state index in [4.69, 9.17) is 9.84 Å². The van der Waals surface area contributed by atoms with Gasteiger partial charge in [0.05, 0.1) is 6.61 Å². The maximum atomic E-state index is 12.2. The number of para-hydroxylation sites is 1. The number of nitrogens with zero attached hydrogens (tertiary/aromatic N) is 1. The first-order chi connectivity index (χ1) is 10.6. The molecule has 1 aromatic carbocycles. The molecule has 0 unspecified atom stereocenters. The Morgan fingerprint density at radius 2 is 2.09 bits per heavy atom. The predicted octanol–water partition coefficient (Wildman–Crippen LogP) is 1.66. The lowest BCUT2D eigenvalue weighted by molar-refractivity contribution is -0.144. The summed E-state index contributed by atoms with van der Waals surface area (Å²) in [5.74, 6) is -1.19. The lowest BCUT2D eigenvalue weighted by Gasteiger charge is -2.20. The van der Waals surface area contributed by atoms with E-state index in [-0.39, 0.29) is 25.4 Å². The number of fused-ring (bicyclic) bond motifs is 1. The summed E-state index contributed by atoms with van der Waals surface area (Å²) in [5, 5.41) is 9.98. The number of carbonyl (C=O) groups is 2. The van der Waals surface area contributed by atoms with Gasteiger partial charge in [-0.15, -0.1) is 0 Å². The number of aliphatic carboxylic acids is 1. The van der Waals surface area contributed by atoms with Gasteiger partial charge in [0.25, 0.3) is 0 Å². The van der Waals surface area contributed by atoms with Crippen molar-refractivity contribution in [3.8, 4) is 0 Å². The number of H-pyrrole nitrogens is 1. The smallest absolute Gasteiger partial charge is 0.323 e. The first-order valence-corrected chi connectivity index (χ1v) is 7.15. The maximum absolute atomic E-state index is 12.2. The number of carboxylic acids is 1. The van der Waals surface area contributed by atoms with Crippen LogP contribution in [0.25, 0.3) is 10.9 Å². The largest absolute Gasteiger partial charge is 0.480 e. The topological polar surface area (TPSA) is 82.6 Å². The van der Waals surface area contributed by atoms with Crippen LogP contribution >= 0.6 is 0 Å². The van der Waals surface area contributed by atoms with Crippen LogP contribution in [0, 0.1) is 0 Å². The molecule has 2 aromatic rings. The molecule has 0 radical (unpaired) electrons. The number of nitrogens with one attached hydrogen (secondary N) is 1. The second kappa shape index (κ2) is 7.61. The average molecular weight is 304 g/mol. The highest BCUT2D eigenvalue weighted by atomic mass is 16.5. The van der Waals surface area contributed by atoms with Crippen molar-refractivity contribution in [1.29, 1.82) is 0 Å². The van der Waals surface area contributed by atoms with Gasteiger partial charge < -0.3 is 19.7 Å². The second-order valence-corrected chi connectivity index (χ2v) is 5.06.